The quantitative estimate of drug-likeness (QED) is 0.859. The van der Waals surface area contributed by atoms with Crippen LogP contribution < -0.4 is 10.5 Å². The molecule has 0 aliphatic heterocycles. The lowest BCUT2D eigenvalue weighted by Crippen LogP contribution is -2.20. The number of rotatable bonds is 6. The molecule has 2 rings (SSSR count). The Balaban J connectivity index is 2.19. The van der Waals surface area contributed by atoms with Gasteiger partial charge in [0.2, 0.25) is 0 Å². The van der Waals surface area contributed by atoms with Crippen LogP contribution >= 0.6 is 0 Å². The first kappa shape index (κ1) is 15.5. The number of hydrogen-bond acceptors (Lipinski definition) is 3. The molecule has 0 aliphatic rings. The highest BCUT2D eigenvalue weighted by atomic mass is 19.1. The maximum atomic E-state index is 13.0. The van der Waals surface area contributed by atoms with Crippen molar-refractivity contribution in [3.63, 3.8) is 0 Å². The van der Waals surface area contributed by atoms with Gasteiger partial charge in [0, 0.05) is 12.5 Å². The smallest absolute Gasteiger partial charge is 0.123 e. The lowest BCUT2D eigenvalue weighted by atomic mass is 9.89. The minimum Gasteiger partial charge on any atom is -0.494 e. The first-order valence-corrected chi connectivity index (χ1v) is 7.02. The van der Waals surface area contributed by atoms with Crippen molar-refractivity contribution in [2.24, 2.45) is 5.73 Å². The van der Waals surface area contributed by atoms with Crippen LogP contribution in [0.1, 0.15) is 30.1 Å². The molecule has 0 aromatic heterocycles. The van der Waals surface area contributed by atoms with Gasteiger partial charge in [-0.2, -0.15) is 0 Å². The molecule has 4 heteroatoms. The standard InChI is InChI=1S/C17H20FNO2/c1-2-21-15-9-5-13(6-10-15)17(20)16(11-19)12-3-7-14(18)8-4-12/h3-10,16-17,20H,2,11,19H2,1H3. The molecular formula is C17H20FNO2. The number of ether oxygens (including phenoxy) is 1. The topological polar surface area (TPSA) is 55.5 Å². The van der Waals surface area contributed by atoms with Crippen molar-refractivity contribution in [2.45, 2.75) is 18.9 Å². The Morgan fingerprint density at radius 3 is 2.14 bits per heavy atom. The van der Waals surface area contributed by atoms with E-state index in [1.54, 1.807) is 12.1 Å². The first-order chi connectivity index (χ1) is 10.2. The fourth-order valence-electron chi connectivity index (χ4n) is 2.32. The van der Waals surface area contributed by atoms with Gasteiger partial charge in [-0.05, 0) is 42.3 Å². The second-order valence-electron chi connectivity index (χ2n) is 4.84. The zero-order valence-electron chi connectivity index (χ0n) is 12.0. The minimum atomic E-state index is -0.740. The summed E-state index contributed by atoms with van der Waals surface area (Å²) in [5.41, 5.74) is 7.36. The number of benzene rings is 2. The van der Waals surface area contributed by atoms with Crippen LogP contribution in [0.4, 0.5) is 4.39 Å². The van der Waals surface area contributed by atoms with Crippen LogP contribution in [0.5, 0.6) is 5.75 Å². The number of aliphatic hydroxyl groups is 1. The molecule has 3 N–H and O–H groups in total. The molecular weight excluding hydrogens is 269 g/mol. The highest BCUT2D eigenvalue weighted by Crippen LogP contribution is 2.31. The van der Waals surface area contributed by atoms with Gasteiger partial charge in [-0.25, -0.2) is 4.39 Å². The van der Waals surface area contributed by atoms with E-state index in [0.29, 0.717) is 6.61 Å². The Morgan fingerprint density at radius 1 is 1.05 bits per heavy atom. The van der Waals surface area contributed by atoms with Crippen LogP contribution in [0.3, 0.4) is 0 Å². The van der Waals surface area contributed by atoms with E-state index < -0.39 is 6.10 Å². The molecule has 0 fully saturated rings. The van der Waals surface area contributed by atoms with Crippen molar-refractivity contribution in [3.05, 3.63) is 65.5 Å². The van der Waals surface area contributed by atoms with E-state index >= 15 is 0 Å². The molecule has 0 spiro atoms. The third-order valence-corrected chi connectivity index (χ3v) is 3.47. The molecule has 2 aromatic carbocycles. The van der Waals surface area contributed by atoms with Gasteiger partial charge in [-0.15, -0.1) is 0 Å². The summed E-state index contributed by atoms with van der Waals surface area (Å²) < 4.78 is 18.4. The molecule has 0 bridgehead atoms. The van der Waals surface area contributed by atoms with Gasteiger partial charge in [-0.1, -0.05) is 24.3 Å². The van der Waals surface area contributed by atoms with Gasteiger partial charge in [0.05, 0.1) is 12.7 Å². The second-order valence-corrected chi connectivity index (χ2v) is 4.84. The van der Waals surface area contributed by atoms with Gasteiger partial charge in [-0.3, -0.25) is 0 Å². The van der Waals surface area contributed by atoms with E-state index in [9.17, 15) is 9.50 Å². The Hall–Kier alpha value is -1.91. The highest BCUT2D eigenvalue weighted by molar-refractivity contribution is 5.32. The summed E-state index contributed by atoms with van der Waals surface area (Å²) in [6.07, 6.45) is -0.740. The number of nitrogens with two attached hydrogens (primary N) is 1. The predicted molar refractivity (Wildman–Crippen MR) is 80.8 cm³/mol. The minimum absolute atomic E-state index is 0.274. The van der Waals surface area contributed by atoms with Gasteiger partial charge >= 0.3 is 0 Å². The predicted octanol–water partition coefficient (Wildman–Crippen LogP) is 3.00. The summed E-state index contributed by atoms with van der Waals surface area (Å²) in [5.74, 6) is 0.188. The van der Waals surface area contributed by atoms with Crippen LogP contribution in [-0.4, -0.2) is 18.3 Å². The summed E-state index contributed by atoms with van der Waals surface area (Å²) >= 11 is 0. The average molecular weight is 289 g/mol. The third kappa shape index (κ3) is 3.80. The van der Waals surface area contributed by atoms with Crippen LogP contribution in [0.25, 0.3) is 0 Å². The monoisotopic (exact) mass is 289 g/mol. The van der Waals surface area contributed by atoms with Gasteiger partial charge in [0.1, 0.15) is 11.6 Å². The summed E-state index contributed by atoms with van der Waals surface area (Å²) in [5, 5.41) is 10.5. The summed E-state index contributed by atoms with van der Waals surface area (Å²) in [6.45, 7) is 2.80. The molecule has 0 amide bonds. The van der Waals surface area contributed by atoms with Gasteiger partial charge < -0.3 is 15.6 Å². The van der Waals surface area contributed by atoms with Crippen LogP contribution in [-0.2, 0) is 0 Å². The molecule has 0 radical (unpaired) electrons. The van der Waals surface area contributed by atoms with Crippen molar-refractivity contribution in [1.82, 2.24) is 0 Å². The van der Waals surface area contributed by atoms with Crippen LogP contribution in [0.2, 0.25) is 0 Å². The highest BCUT2D eigenvalue weighted by Gasteiger charge is 2.21. The Kier molecular flexibility index (Phi) is 5.31. The van der Waals surface area contributed by atoms with E-state index in [0.717, 1.165) is 16.9 Å². The Labute approximate surface area is 124 Å². The average Bonchev–Trinajstić information content (AvgIpc) is 2.51. The van der Waals surface area contributed by atoms with E-state index in [4.69, 9.17) is 10.5 Å². The van der Waals surface area contributed by atoms with Crippen molar-refractivity contribution in [2.75, 3.05) is 13.2 Å². The molecule has 0 saturated heterocycles. The van der Waals surface area contributed by atoms with Crippen molar-refractivity contribution in [3.8, 4) is 5.75 Å². The lowest BCUT2D eigenvalue weighted by Gasteiger charge is -2.22. The Bertz CT molecular complexity index is 554. The van der Waals surface area contributed by atoms with Crippen molar-refractivity contribution >= 4 is 0 Å². The fraction of sp³-hybridized carbons (Fsp3) is 0.294. The SMILES string of the molecule is CCOc1ccc(C(O)C(CN)c2ccc(F)cc2)cc1. The van der Waals surface area contributed by atoms with E-state index in [2.05, 4.69) is 0 Å². The fourth-order valence-corrected chi connectivity index (χ4v) is 2.32. The summed E-state index contributed by atoms with van der Waals surface area (Å²) in [6, 6.07) is 13.4. The molecule has 2 atom stereocenters. The number of hydrogen-bond donors (Lipinski definition) is 2. The summed E-state index contributed by atoms with van der Waals surface area (Å²) in [4.78, 5) is 0. The molecule has 0 heterocycles. The lowest BCUT2D eigenvalue weighted by molar-refractivity contribution is 0.147. The van der Waals surface area contributed by atoms with Crippen molar-refractivity contribution in [1.29, 1.82) is 0 Å². The summed E-state index contributed by atoms with van der Waals surface area (Å²) in [7, 11) is 0. The maximum absolute atomic E-state index is 13.0. The Morgan fingerprint density at radius 2 is 1.62 bits per heavy atom. The zero-order valence-corrected chi connectivity index (χ0v) is 12.0. The molecule has 21 heavy (non-hydrogen) atoms. The maximum Gasteiger partial charge on any atom is 0.123 e. The first-order valence-electron chi connectivity index (χ1n) is 7.02. The third-order valence-electron chi connectivity index (χ3n) is 3.47. The zero-order chi connectivity index (χ0) is 15.2. The molecule has 0 aliphatic carbocycles. The number of halogens is 1. The molecule has 112 valence electrons. The largest absolute Gasteiger partial charge is 0.494 e. The van der Waals surface area contributed by atoms with Gasteiger partial charge in [0.15, 0.2) is 0 Å². The van der Waals surface area contributed by atoms with E-state index in [1.165, 1.54) is 12.1 Å². The van der Waals surface area contributed by atoms with Crippen LogP contribution in [0, 0.1) is 5.82 Å². The van der Waals surface area contributed by atoms with Gasteiger partial charge in [0.25, 0.3) is 0 Å². The second kappa shape index (κ2) is 7.20. The van der Waals surface area contributed by atoms with Crippen LogP contribution in [0.15, 0.2) is 48.5 Å². The molecule has 2 aromatic rings. The van der Waals surface area contributed by atoms with E-state index in [-0.39, 0.29) is 18.3 Å². The molecule has 2 unspecified atom stereocenters. The molecule has 3 nitrogen and oxygen atoms in total. The van der Waals surface area contributed by atoms with Crippen molar-refractivity contribution < 1.29 is 14.2 Å². The van der Waals surface area contributed by atoms with E-state index in [1.807, 2.05) is 31.2 Å². The molecule has 0 saturated carbocycles. The number of aliphatic hydroxyl groups excluding tert-OH is 1. The normalized spacial score (nSPS) is 13.7.